The van der Waals surface area contributed by atoms with Gasteiger partial charge in [-0.05, 0) is 6.92 Å². The highest BCUT2D eigenvalue weighted by molar-refractivity contribution is 5.82. The summed E-state index contributed by atoms with van der Waals surface area (Å²) in [7, 11) is 0. The summed E-state index contributed by atoms with van der Waals surface area (Å²) in [4.78, 5) is 25.9. The first-order valence-electron chi connectivity index (χ1n) is 5.62. The number of nitrogens with zero attached hydrogens (tertiary/aromatic N) is 2. The molecule has 7 heteroatoms. The van der Waals surface area contributed by atoms with E-state index in [-0.39, 0.29) is 6.09 Å². The number of piperazine rings is 1. The largest absolute Gasteiger partial charge is 0.450 e. The molecule has 0 aromatic rings. The molecular weight excluding hydrogens is 229 g/mol. The van der Waals surface area contributed by atoms with Gasteiger partial charge in [-0.3, -0.25) is 4.79 Å². The SMILES string of the molecule is CCOC(=O)N1CCN(C(=O)C(N)CF)CC1. The lowest BCUT2D eigenvalue weighted by molar-refractivity contribution is -0.134. The fourth-order valence-electron chi connectivity index (χ4n) is 1.62. The molecule has 98 valence electrons. The quantitative estimate of drug-likeness (QED) is 0.735. The van der Waals surface area contributed by atoms with Crippen LogP contribution in [0.2, 0.25) is 0 Å². The Morgan fingerprint density at radius 2 is 1.82 bits per heavy atom. The minimum atomic E-state index is -1.09. The van der Waals surface area contributed by atoms with Crippen LogP contribution in [0.5, 0.6) is 0 Å². The molecular formula is C10H18FN3O3. The van der Waals surface area contributed by atoms with E-state index >= 15 is 0 Å². The Labute approximate surface area is 99.5 Å². The van der Waals surface area contributed by atoms with Gasteiger partial charge in [0, 0.05) is 26.2 Å². The Balaban J connectivity index is 2.40. The van der Waals surface area contributed by atoms with Gasteiger partial charge in [0.25, 0.3) is 0 Å². The van der Waals surface area contributed by atoms with Crippen LogP contribution in [-0.4, -0.2) is 67.3 Å². The van der Waals surface area contributed by atoms with E-state index in [0.717, 1.165) is 0 Å². The lowest BCUT2D eigenvalue weighted by Gasteiger charge is -2.34. The average molecular weight is 247 g/mol. The van der Waals surface area contributed by atoms with Crippen molar-refractivity contribution < 1.29 is 18.7 Å². The Hall–Kier alpha value is -1.37. The minimum absolute atomic E-state index is 0.324. The van der Waals surface area contributed by atoms with E-state index in [2.05, 4.69) is 0 Å². The maximum Gasteiger partial charge on any atom is 0.409 e. The van der Waals surface area contributed by atoms with Crippen molar-refractivity contribution >= 4 is 12.0 Å². The summed E-state index contributed by atoms with van der Waals surface area (Å²) in [5, 5.41) is 0. The topological polar surface area (TPSA) is 75.9 Å². The molecule has 1 fully saturated rings. The molecule has 1 unspecified atom stereocenters. The van der Waals surface area contributed by atoms with Crippen LogP contribution in [0.3, 0.4) is 0 Å². The van der Waals surface area contributed by atoms with Crippen molar-refractivity contribution in [3.63, 3.8) is 0 Å². The van der Waals surface area contributed by atoms with Crippen molar-refractivity contribution in [2.75, 3.05) is 39.5 Å². The van der Waals surface area contributed by atoms with E-state index in [1.807, 2.05) is 0 Å². The van der Waals surface area contributed by atoms with Crippen LogP contribution in [0.4, 0.5) is 9.18 Å². The second-order valence-corrected chi connectivity index (χ2v) is 3.77. The molecule has 2 amide bonds. The van der Waals surface area contributed by atoms with Gasteiger partial charge in [0.2, 0.25) is 5.91 Å². The summed E-state index contributed by atoms with van der Waals surface area (Å²) in [6.45, 7) is 2.71. The van der Waals surface area contributed by atoms with Crippen molar-refractivity contribution in [2.24, 2.45) is 5.73 Å². The van der Waals surface area contributed by atoms with Crippen molar-refractivity contribution in [3.05, 3.63) is 0 Å². The first-order valence-corrected chi connectivity index (χ1v) is 5.62. The number of nitrogens with two attached hydrogens (primary N) is 1. The number of halogens is 1. The van der Waals surface area contributed by atoms with Gasteiger partial charge >= 0.3 is 6.09 Å². The van der Waals surface area contributed by atoms with E-state index in [1.165, 1.54) is 9.80 Å². The first-order chi connectivity index (χ1) is 8.10. The maximum atomic E-state index is 12.2. The van der Waals surface area contributed by atoms with Gasteiger partial charge in [-0.2, -0.15) is 0 Å². The number of rotatable bonds is 3. The molecule has 2 N–H and O–H groups in total. The molecule has 0 radical (unpaired) electrons. The lowest BCUT2D eigenvalue weighted by atomic mass is 10.2. The molecule has 1 rings (SSSR count). The Kier molecular flexibility index (Phi) is 5.14. The van der Waals surface area contributed by atoms with E-state index in [1.54, 1.807) is 6.92 Å². The normalized spacial score (nSPS) is 17.8. The third-order valence-corrected chi connectivity index (χ3v) is 2.60. The van der Waals surface area contributed by atoms with Gasteiger partial charge in [-0.15, -0.1) is 0 Å². The molecule has 0 spiro atoms. The summed E-state index contributed by atoms with van der Waals surface area (Å²) in [5.41, 5.74) is 5.32. The zero-order chi connectivity index (χ0) is 12.8. The third-order valence-electron chi connectivity index (χ3n) is 2.60. The smallest absolute Gasteiger partial charge is 0.409 e. The summed E-state index contributed by atoms with van der Waals surface area (Å²) in [5.74, 6) is -0.406. The van der Waals surface area contributed by atoms with Crippen molar-refractivity contribution in [3.8, 4) is 0 Å². The van der Waals surface area contributed by atoms with Gasteiger partial charge in [0.1, 0.15) is 12.7 Å². The number of ether oxygens (including phenoxy) is 1. The molecule has 1 aliphatic heterocycles. The molecule has 1 saturated heterocycles. The van der Waals surface area contributed by atoms with Crippen LogP contribution in [0, 0.1) is 0 Å². The van der Waals surface area contributed by atoms with Crippen LogP contribution in [0.15, 0.2) is 0 Å². The summed E-state index contributed by atoms with van der Waals surface area (Å²) in [6.07, 6.45) is -0.380. The fraction of sp³-hybridized carbons (Fsp3) is 0.800. The fourth-order valence-corrected chi connectivity index (χ4v) is 1.62. The second-order valence-electron chi connectivity index (χ2n) is 3.77. The van der Waals surface area contributed by atoms with Gasteiger partial charge in [-0.1, -0.05) is 0 Å². The van der Waals surface area contributed by atoms with E-state index in [0.29, 0.717) is 32.8 Å². The monoisotopic (exact) mass is 247 g/mol. The molecule has 0 saturated carbocycles. The van der Waals surface area contributed by atoms with Crippen LogP contribution < -0.4 is 5.73 Å². The van der Waals surface area contributed by atoms with Crippen LogP contribution in [0.1, 0.15) is 6.92 Å². The Bertz CT molecular complexity index is 280. The average Bonchev–Trinajstić information content (AvgIpc) is 2.37. The molecule has 0 aromatic carbocycles. The Morgan fingerprint density at radius 3 is 2.29 bits per heavy atom. The van der Waals surface area contributed by atoms with Crippen molar-refractivity contribution in [1.82, 2.24) is 9.80 Å². The van der Waals surface area contributed by atoms with Crippen LogP contribution >= 0.6 is 0 Å². The van der Waals surface area contributed by atoms with Crippen LogP contribution in [0.25, 0.3) is 0 Å². The summed E-state index contributed by atoms with van der Waals surface area (Å²) in [6, 6.07) is -1.09. The second kappa shape index (κ2) is 6.39. The molecule has 0 bridgehead atoms. The lowest BCUT2D eigenvalue weighted by Crippen LogP contribution is -2.54. The van der Waals surface area contributed by atoms with E-state index < -0.39 is 18.6 Å². The van der Waals surface area contributed by atoms with E-state index in [9.17, 15) is 14.0 Å². The molecule has 17 heavy (non-hydrogen) atoms. The number of alkyl halides is 1. The number of hydrogen-bond donors (Lipinski definition) is 1. The van der Waals surface area contributed by atoms with Crippen molar-refractivity contribution in [1.29, 1.82) is 0 Å². The highest BCUT2D eigenvalue weighted by Crippen LogP contribution is 2.05. The first kappa shape index (κ1) is 13.7. The zero-order valence-corrected chi connectivity index (χ0v) is 9.89. The minimum Gasteiger partial charge on any atom is -0.450 e. The predicted molar refractivity (Wildman–Crippen MR) is 59.1 cm³/mol. The third kappa shape index (κ3) is 3.55. The highest BCUT2D eigenvalue weighted by Gasteiger charge is 2.27. The zero-order valence-electron chi connectivity index (χ0n) is 9.89. The van der Waals surface area contributed by atoms with Crippen LogP contribution in [-0.2, 0) is 9.53 Å². The summed E-state index contributed by atoms with van der Waals surface area (Å²) >= 11 is 0. The number of amides is 2. The van der Waals surface area contributed by atoms with Gasteiger partial charge in [0.05, 0.1) is 6.61 Å². The van der Waals surface area contributed by atoms with E-state index in [4.69, 9.17) is 10.5 Å². The molecule has 1 heterocycles. The number of carbonyl (C=O) groups is 2. The van der Waals surface area contributed by atoms with Gasteiger partial charge < -0.3 is 20.3 Å². The van der Waals surface area contributed by atoms with Gasteiger partial charge in [-0.25, -0.2) is 9.18 Å². The summed E-state index contributed by atoms with van der Waals surface area (Å²) < 4.78 is 17.1. The molecule has 0 aliphatic carbocycles. The number of carbonyl (C=O) groups excluding carboxylic acids is 2. The molecule has 1 atom stereocenters. The maximum absolute atomic E-state index is 12.2. The predicted octanol–water partition coefficient (Wildman–Crippen LogP) is -0.416. The molecule has 1 aliphatic rings. The standard InChI is InChI=1S/C10H18FN3O3/c1-2-17-10(16)14-5-3-13(4-6-14)9(15)8(12)7-11/h8H,2-7,12H2,1H3. The van der Waals surface area contributed by atoms with Crippen molar-refractivity contribution in [2.45, 2.75) is 13.0 Å². The Morgan fingerprint density at radius 1 is 1.29 bits per heavy atom. The highest BCUT2D eigenvalue weighted by atomic mass is 19.1. The van der Waals surface area contributed by atoms with Gasteiger partial charge in [0.15, 0.2) is 0 Å². The number of hydrogen-bond acceptors (Lipinski definition) is 4. The molecule has 0 aromatic heterocycles. The molecule has 6 nitrogen and oxygen atoms in total.